The van der Waals surface area contributed by atoms with Crippen molar-refractivity contribution in [3.8, 4) is 0 Å². The summed E-state index contributed by atoms with van der Waals surface area (Å²) < 4.78 is 22.3. The number of nitrogens with two attached hydrogens (primary N) is 1. The van der Waals surface area contributed by atoms with E-state index >= 15 is 0 Å². The first-order valence-corrected chi connectivity index (χ1v) is 8.89. The summed E-state index contributed by atoms with van der Waals surface area (Å²) in [6.07, 6.45) is 4.84. The first kappa shape index (κ1) is 16.4. The summed E-state index contributed by atoms with van der Waals surface area (Å²) >= 11 is 0. The SMILES string of the molecule is CC1CCC(CN)(C(=O)N(C)CCS(C)(=O)=O)CC1. The van der Waals surface area contributed by atoms with Crippen LogP contribution in [-0.2, 0) is 14.6 Å². The Hall–Kier alpha value is -0.620. The van der Waals surface area contributed by atoms with Crippen molar-refractivity contribution in [1.82, 2.24) is 4.90 Å². The number of hydrogen-bond donors (Lipinski definition) is 1. The summed E-state index contributed by atoms with van der Waals surface area (Å²) in [5.41, 5.74) is 5.37. The molecule has 1 saturated carbocycles. The van der Waals surface area contributed by atoms with Gasteiger partial charge in [-0.25, -0.2) is 8.42 Å². The van der Waals surface area contributed by atoms with Crippen LogP contribution in [0.25, 0.3) is 0 Å². The lowest BCUT2D eigenvalue weighted by molar-refractivity contribution is -0.142. The smallest absolute Gasteiger partial charge is 0.229 e. The lowest BCUT2D eigenvalue weighted by Crippen LogP contribution is -2.49. The summed E-state index contributed by atoms with van der Waals surface area (Å²) in [6, 6.07) is 0. The second kappa shape index (κ2) is 6.22. The highest BCUT2D eigenvalue weighted by molar-refractivity contribution is 7.90. The molecule has 6 heteroatoms. The first-order chi connectivity index (χ1) is 8.70. The predicted octanol–water partition coefficient (Wildman–Crippen LogP) is 0.645. The highest BCUT2D eigenvalue weighted by atomic mass is 32.2. The van der Waals surface area contributed by atoms with E-state index in [4.69, 9.17) is 5.73 Å². The van der Waals surface area contributed by atoms with E-state index in [2.05, 4.69) is 6.92 Å². The van der Waals surface area contributed by atoms with Gasteiger partial charge in [0.25, 0.3) is 0 Å². The Kier molecular flexibility index (Phi) is 5.38. The molecule has 0 unspecified atom stereocenters. The predicted molar refractivity (Wildman–Crippen MR) is 76.5 cm³/mol. The molecule has 0 aromatic heterocycles. The Morgan fingerprint density at radius 2 is 1.89 bits per heavy atom. The van der Waals surface area contributed by atoms with Crippen LogP contribution in [0.5, 0.6) is 0 Å². The largest absolute Gasteiger partial charge is 0.344 e. The van der Waals surface area contributed by atoms with Crippen LogP contribution in [0, 0.1) is 11.3 Å². The van der Waals surface area contributed by atoms with Crippen molar-refractivity contribution in [1.29, 1.82) is 0 Å². The van der Waals surface area contributed by atoms with E-state index in [0.717, 1.165) is 25.7 Å². The van der Waals surface area contributed by atoms with Crippen LogP contribution in [-0.4, -0.2) is 51.4 Å². The van der Waals surface area contributed by atoms with Gasteiger partial charge in [0.1, 0.15) is 9.84 Å². The van der Waals surface area contributed by atoms with Crippen molar-refractivity contribution in [3.63, 3.8) is 0 Å². The lowest BCUT2D eigenvalue weighted by Gasteiger charge is -2.39. The summed E-state index contributed by atoms with van der Waals surface area (Å²) in [5, 5.41) is 0. The Bertz CT molecular complexity index is 412. The molecule has 0 atom stereocenters. The van der Waals surface area contributed by atoms with Crippen LogP contribution < -0.4 is 5.73 Å². The van der Waals surface area contributed by atoms with E-state index in [1.807, 2.05) is 0 Å². The van der Waals surface area contributed by atoms with Gasteiger partial charge in [-0.3, -0.25) is 4.79 Å². The van der Waals surface area contributed by atoms with Crippen LogP contribution in [0.15, 0.2) is 0 Å². The molecule has 2 N–H and O–H groups in total. The van der Waals surface area contributed by atoms with Gasteiger partial charge >= 0.3 is 0 Å². The fraction of sp³-hybridized carbons (Fsp3) is 0.923. The Labute approximate surface area is 116 Å². The van der Waals surface area contributed by atoms with Gasteiger partial charge in [0.2, 0.25) is 5.91 Å². The minimum absolute atomic E-state index is 0.00514. The minimum Gasteiger partial charge on any atom is -0.344 e. The first-order valence-electron chi connectivity index (χ1n) is 6.83. The topological polar surface area (TPSA) is 80.5 Å². The molecular weight excluding hydrogens is 264 g/mol. The zero-order chi connectivity index (χ0) is 14.7. The fourth-order valence-corrected chi connectivity index (χ4v) is 3.23. The molecular formula is C13H26N2O3S. The van der Waals surface area contributed by atoms with Crippen LogP contribution in [0.3, 0.4) is 0 Å². The van der Waals surface area contributed by atoms with Crippen LogP contribution in [0.2, 0.25) is 0 Å². The quantitative estimate of drug-likeness (QED) is 0.806. The van der Waals surface area contributed by atoms with E-state index in [9.17, 15) is 13.2 Å². The number of carbonyl (C=O) groups is 1. The molecule has 0 heterocycles. The van der Waals surface area contributed by atoms with Gasteiger partial charge in [0.15, 0.2) is 0 Å². The molecule has 112 valence electrons. The van der Waals surface area contributed by atoms with Crippen molar-refractivity contribution in [2.75, 3.05) is 32.1 Å². The summed E-state index contributed by atoms with van der Waals surface area (Å²) in [5.74, 6) is 0.658. The van der Waals surface area contributed by atoms with E-state index in [1.165, 1.54) is 11.2 Å². The van der Waals surface area contributed by atoms with E-state index in [-0.39, 0.29) is 18.2 Å². The standard InChI is InChI=1S/C13H26N2O3S/c1-11-4-6-13(10-14,7-5-11)12(16)15(2)8-9-19(3,17)18/h11H,4-10,14H2,1-3H3. The molecule has 1 amide bonds. The Morgan fingerprint density at radius 3 is 2.32 bits per heavy atom. The fourth-order valence-electron chi connectivity index (χ4n) is 2.63. The van der Waals surface area contributed by atoms with Gasteiger partial charge in [-0.1, -0.05) is 6.92 Å². The number of nitrogens with zero attached hydrogens (tertiary/aromatic N) is 1. The summed E-state index contributed by atoms with van der Waals surface area (Å²) in [4.78, 5) is 14.1. The molecule has 19 heavy (non-hydrogen) atoms. The third kappa shape index (κ3) is 4.45. The molecule has 0 spiro atoms. The highest BCUT2D eigenvalue weighted by Crippen LogP contribution is 2.39. The zero-order valence-corrected chi connectivity index (χ0v) is 13.0. The third-order valence-corrected chi connectivity index (χ3v) is 5.14. The van der Waals surface area contributed by atoms with Gasteiger partial charge in [0.05, 0.1) is 11.2 Å². The number of carbonyl (C=O) groups excluding carboxylic acids is 1. The minimum atomic E-state index is -3.04. The molecule has 0 aromatic rings. The van der Waals surface area contributed by atoms with Gasteiger partial charge in [-0.2, -0.15) is 0 Å². The molecule has 1 aliphatic carbocycles. The maximum Gasteiger partial charge on any atom is 0.229 e. The maximum absolute atomic E-state index is 12.5. The Morgan fingerprint density at radius 1 is 1.37 bits per heavy atom. The summed E-state index contributed by atoms with van der Waals surface area (Å²) in [7, 11) is -1.37. The van der Waals surface area contributed by atoms with Gasteiger partial charge < -0.3 is 10.6 Å². The van der Waals surface area contributed by atoms with Gasteiger partial charge in [-0.15, -0.1) is 0 Å². The second-order valence-electron chi connectivity index (χ2n) is 6.02. The molecule has 0 radical (unpaired) electrons. The molecule has 1 fully saturated rings. The van der Waals surface area contributed by atoms with E-state index in [0.29, 0.717) is 12.5 Å². The second-order valence-corrected chi connectivity index (χ2v) is 8.28. The number of hydrogen-bond acceptors (Lipinski definition) is 4. The van der Waals surface area contributed by atoms with Gasteiger partial charge in [-0.05, 0) is 31.6 Å². The lowest BCUT2D eigenvalue weighted by atomic mass is 9.70. The van der Waals surface area contributed by atoms with Crippen molar-refractivity contribution in [3.05, 3.63) is 0 Å². The number of rotatable bonds is 5. The molecule has 0 aromatic carbocycles. The third-order valence-electron chi connectivity index (χ3n) is 4.22. The average molecular weight is 290 g/mol. The molecule has 0 bridgehead atoms. The number of amides is 1. The average Bonchev–Trinajstić information content (AvgIpc) is 2.35. The van der Waals surface area contributed by atoms with Crippen molar-refractivity contribution >= 4 is 15.7 Å². The Balaban J connectivity index is 2.68. The van der Waals surface area contributed by atoms with Crippen LogP contribution in [0.1, 0.15) is 32.6 Å². The summed E-state index contributed by atoms with van der Waals surface area (Å²) in [6.45, 7) is 2.79. The maximum atomic E-state index is 12.5. The van der Waals surface area contributed by atoms with E-state index < -0.39 is 15.3 Å². The van der Waals surface area contributed by atoms with Crippen LogP contribution >= 0.6 is 0 Å². The molecule has 5 nitrogen and oxygen atoms in total. The van der Waals surface area contributed by atoms with Crippen molar-refractivity contribution in [2.45, 2.75) is 32.6 Å². The highest BCUT2D eigenvalue weighted by Gasteiger charge is 2.41. The molecule has 0 aliphatic heterocycles. The van der Waals surface area contributed by atoms with Crippen LogP contribution in [0.4, 0.5) is 0 Å². The monoisotopic (exact) mass is 290 g/mol. The van der Waals surface area contributed by atoms with Crippen molar-refractivity contribution in [2.24, 2.45) is 17.1 Å². The normalized spacial score (nSPS) is 28.1. The van der Waals surface area contributed by atoms with E-state index in [1.54, 1.807) is 7.05 Å². The molecule has 0 saturated heterocycles. The van der Waals surface area contributed by atoms with Gasteiger partial charge in [0, 0.05) is 26.4 Å². The number of sulfone groups is 1. The molecule has 1 rings (SSSR count). The van der Waals surface area contributed by atoms with Crippen molar-refractivity contribution < 1.29 is 13.2 Å². The molecule has 1 aliphatic rings. The zero-order valence-electron chi connectivity index (χ0n) is 12.2.